The Morgan fingerprint density at radius 3 is 2.61 bits per heavy atom. The number of alkyl halides is 4. The van der Waals surface area contributed by atoms with Crippen molar-refractivity contribution < 1.29 is 18.0 Å². The van der Waals surface area contributed by atoms with Gasteiger partial charge in [-0.3, -0.25) is 4.79 Å². The fourth-order valence-corrected chi connectivity index (χ4v) is 1.58. The number of anilines is 1. The number of nitrogens with one attached hydrogen (secondary N) is 1. The minimum absolute atomic E-state index is 0.0800. The maximum Gasteiger partial charge on any atom is 0.416 e. The third kappa shape index (κ3) is 3.74. The van der Waals surface area contributed by atoms with Gasteiger partial charge in [0.2, 0.25) is 5.91 Å². The van der Waals surface area contributed by atoms with Gasteiger partial charge in [0, 0.05) is 11.8 Å². The normalized spacial score (nSPS) is 10.8. The van der Waals surface area contributed by atoms with Crippen LogP contribution in [0.25, 0.3) is 0 Å². The number of benzene rings is 1. The van der Waals surface area contributed by atoms with Gasteiger partial charge in [-0.2, -0.15) is 18.4 Å². The van der Waals surface area contributed by atoms with Crippen LogP contribution in [0.1, 0.15) is 17.5 Å². The Kier molecular flexibility index (Phi) is 4.73. The van der Waals surface area contributed by atoms with E-state index >= 15 is 0 Å². The molecule has 0 saturated heterocycles. The van der Waals surface area contributed by atoms with Gasteiger partial charge in [0.1, 0.15) is 6.07 Å². The molecule has 0 spiro atoms. The zero-order valence-corrected chi connectivity index (χ0v) is 10.6. The average Bonchev–Trinajstić information content (AvgIpc) is 2.28. The van der Waals surface area contributed by atoms with E-state index in [4.69, 9.17) is 5.26 Å². The number of nitrogens with zero attached hydrogens (tertiary/aromatic N) is 1. The molecule has 0 aliphatic heterocycles. The molecule has 1 rings (SSSR count). The van der Waals surface area contributed by atoms with Gasteiger partial charge in [-0.25, -0.2) is 0 Å². The highest BCUT2D eigenvalue weighted by Gasteiger charge is 2.31. The number of halogens is 4. The number of hydrogen-bond acceptors (Lipinski definition) is 2. The van der Waals surface area contributed by atoms with Crippen LogP contribution in [0.15, 0.2) is 18.2 Å². The quantitative estimate of drug-likeness (QED) is 0.869. The molecule has 0 saturated carbocycles. The third-order valence-electron chi connectivity index (χ3n) is 2.06. The van der Waals surface area contributed by atoms with E-state index in [2.05, 4.69) is 21.2 Å². The first kappa shape index (κ1) is 14.5. The number of rotatable bonds is 3. The predicted molar refractivity (Wildman–Crippen MR) is 63.2 cm³/mol. The van der Waals surface area contributed by atoms with Crippen molar-refractivity contribution in [3.63, 3.8) is 0 Å². The summed E-state index contributed by atoms with van der Waals surface area (Å²) in [5, 5.41) is 11.6. The average molecular weight is 321 g/mol. The first-order valence-corrected chi connectivity index (χ1v) is 5.97. The number of nitriles is 1. The fourth-order valence-electron chi connectivity index (χ4n) is 1.22. The molecule has 0 aliphatic carbocycles. The summed E-state index contributed by atoms with van der Waals surface area (Å²) in [7, 11) is 0. The summed E-state index contributed by atoms with van der Waals surface area (Å²) < 4.78 is 37.2. The standard InChI is InChI=1S/C11H8BrF3N2O/c12-4-3-10(18)17-9-2-1-8(11(13,14)15)5-7(9)6-16/h1-2,5H,3-4H2,(H,17,18). The van der Waals surface area contributed by atoms with Crippen molar-refractivity contribution in [1.29, 1.82) is 5.26 Å². The zero-order chi connectivity index (χ0) is 13.8. The molecule has 0 bridgehead atoms. The number of hydrogen-bond donors (Lipinski definition) is 1. The molecule has 0 heterocycles. The van der Waals surface area contributed by atoms with E-state index in [9.17, 15) is 18.0 Å². The molecular weight excluding hydrogens is 313 g/mol. The molecule has 0 aromatic heterocycles. The summed E-state index contributed by atoms with van der Waals surface area (Å²) >= 11 is 3.06. The monoisotopic (exact) mass is 320 g/mol. The lowest BCUT2D eigenvalue weighted by molar-refractivity contribution is -0.137. The van der Waals surface area contributed by atoms with E-state index in [1.165, 1.54) is 0 Å². The Labute approximate surface area is 110 Å². The SMILES string of the molecule is N#Cc1cc(C(F)(F)F)ccc1NC(=O)CCBr. The van der Waals surface area contributed by atoms with E-state index in [1.54, 1.807) is 6.07 Å². The van der Waals surface area contributed by atoms with E-state index in [-0.39, 0.29) is 23.6 Å². The Morgan fingerprint density at radius 1 is 1.44 bits per heavy atom. The van der Waals surface area contributed by atoms with Gasteiger partial charge in [0.15, 0.2) is 0 Å². The van der Waals surface area contributed by atoms with Crippen LogP contribution in [-0.2, 0) is 11.0 Å². The lowest BCUT2D eigenvalue weighted by atomic mass is 10.1. The fraction of sp³-hybridized carbons (Fsp3) is 0.273. The second kappa shape index (κ2) is 5.87. The van der Waals surface area contributed by atoms with Crippen molar-refractivity contribution in [3.8, 4) is 6.07 Å². The summed E-state index contributed by atoms with van der Waals surface area (Å²) in [5.41, 5.74) is -1.05. The Bertz CT molecular complexity index is 494. The van der Waals surface area contributed by atoms with Crippen LogP contribution in [0.5, 0.6) is 0 Å². The van der Waals surface area contributed by atoms with Crippen molar-refractivity contribution in [3.05, 3.63) is 29.3 Å². The van der Waals surface area contributed by atoms with Crippen LogP contribution >= 0.6 is 15.9 Å². The summed E-state index contributed by atoms with van der Waals surface area (Å²) in [6.07, 6.45) is -4.34. The first-order chi connectivity index (χ1) is 8.38. The molecule has 18 heavy (non-hydrogen) atoms. The van der Waals surface area contributed by atoms with Crippen LogP contribution in [0.2, 0.25) is 0 Å². The maximum absolute atomic E-state index is 12.4. The largest absolute Gasteiger partial charge is 0.416 e. The molecule has 0 radical (unpaired) electrons. The van der Waals surface area contributed by atoms with Gasteiger partial charge in [-0.1, -0.05) is 15.9 Å². The van der Waals surface area contributed by atoms with Gasteiger partial charge < -0.3 is 5.32 Å². The second-order valence-electron chi connectivity index (χ2n) is 3.36. The first-order valence-electron chi connectivity index (χ1n) is 4.85. The van der Waals surface area contributed by atoms with Crippen LogP contribution in [0, 0.1) is 11.3 Å². The predicted octanol–water partition coefficient (Wildman–Crippen LogP) is 3.30. The minimum atomic E-state index is -4.51. The highest BCUT2D eigenvalue weighted by molar-refractivity contribution is 9.09. The smallest absolute Gasteiger partial charge is 0.325 e. The Balaban J connectivity index is 3.02. The molecule has 1 aromatic carbocycles. The van der Waals surface area contributed by atoms with Crippen molar-refractivity contribution >= 4 is 27.5 Å². The highest BCUT2D eigenvalue weighted by atomic mass is 79.9. The van der Waals surface area contributed by atoms with Gasteiger partial charge in [-0.15, -0.1) is 0 Å². The van der Waals surface area contributed by atoms with Gasteiger partial charge in [-0.05, 0) is 18.2 Å². The maximum atomic E-state index is 12.4. The molecule has 1 N–H and O–H groups in total. The summed E-state index contributed by atoms with van der Waals surface area (Å²) in [4.78, 5) is 11.3. The van der Waals surface area contributed by atoms with E-state index in [1.807, 2.05) is 0 Å². The van der Waals surface area contributed by atoms with E-state index in [0.29, 0.717) is 11.4 Å². The molecule has 1 amide bonds. The van der Waals surface area contributed by atoms with Crippen LogP contribution in [0.4, 0.5) is 18.9 Å². The summed E-state index contributed by atoms with van der Waals surface area (Å²) in [6, 6.07) is 4.24. The molecule has 1 aromatic rings. The van der Waals surface area contributed by atoms with Crippen LogP contribution in [0.3, 0.4) is 0 Å². The van der Waals surface area contributed by atoms with Crippen LogP contribution in [-0.4, -0.2) is 11.2 Å². The van der Waals surface area contributed by atoms with Gasteiger partial charge in [0.05, 0.1) is 16.8 Å². The van der Waals surface area contributed by atoms with Gasteiger partial charge >= 0.3 is 6.18 Å². The van der Waals surface area contributed by atoms with Crippen molar-refractivity contribution in [2.45, 2.75) is 12.6 Å². The van der Waals surface area contributed by atoms with Crippen molar-refractivity contribution in [2.24, 2.45) is 0 Å². The summed E-state index contributed by atoms with van der Waals surface area (Å²) in [5.74, 6) is -0.372. The topological polar surface area (TPSA) is 52.9 Å². The minimum Gasteiger partial charge on any atom is -0.325 e. The number of carbonyl (C=O) groups excluding carboxylic acids is 1. The molecule has 7 heteroatoms. The van der Waals surface area contributed by atoms with Gasteiger partial charge in [0.25, 0.3) is 0 Å². The second-order valence-corrected chi connectivity index (χ2v) is 4.15. The highest BCUT2D eigenvalue weighted by Crippen LogP contribution is 2.31. The molecule has 0 atom stereocenters. The van der Waals surface area contributed by atoms with Crippen LogP contribution < -0.4 is 5.32 Å². The Hall–Kier alpha value is -1.55. The molecule has 0 aliphatic rings. The van der Waals surface area contributed by atoms with Crippen molar-refractivity contribution in [1.82, 2.24) is 0 Å². The lowest BCUT2D eigenvalue weighted by Crippen LogP contribution is -2.13. The molecular formula is C11H8BrF3N2O. The van der Waals surface area contributed by atoms with E-state index in [0.717, 1.165) is 12.1 Å². The zero-order valence-electron chi connectivity index (χ0n) is 9.01. The molecule has 96 valence electrons. The third-order valence-corrected chi connectivity index (χ3v) is 2.46. The number of carbonyl (C=O) groups is 1. The van der Waals surface area contributed by atoms with Crippen molar-refractivity contribution in [2.75, 3.05) is 10.6 Å². The lowest BCUT2D eigenvalue weighted by Gasteiger charge is -2.10. The summed E-state index contributed by atoms with van der Waals surface area (Å²) in [6.45, 7) is 0. The molecule has 0 fully saturated rings. The van der Waals surface area contributed by atoms with E-state index < -0.39 is 11.7 Å². The number of amides is 1. The molecule has 0 unspecified atom stereocenters. The Morgan fingerprint density at radius 2 is 2.11 bits per heavy atom. The molecule has 3 nitrogen and oxygen atoms in total.